The van der Waals surface area contributed by atoms with Gasteiger partial charge in [0, 0.05) is 18.6 Å². The predicted molar refractivity (Wildman–Crippen MR) is 90.6 cm³/mol. The van der Waals surface area contributed by atoms with Crippen molar-refractivity contribution < 1.29 is 0 Å². The molecule has 118 valence electrons. The van der Waals surface area contributed by atoms with E-state index in [-0.39, 0.29) is 0 Å². The Labute approximate surface area is 130 Å². The van der Waals surface area contributed by atoms with Crippen molar-refractivity contribution in [3.8, 4) is 0 Å². The van der Waals surface area contributed by atoms with Crippen LogP contribution in [-0.4, -0.2) is 56.6 Å². The zero-order valence-corrected chi connectivity index (χ0v) is 14.0. The molecule has 0 saturated carbocycles. The molecule has 0 aliphatic carbocycles. The fourth-order valence-electron chi connectivity index (χ4n) is 3.57. The Balaban J connectivity index is 1.87. The highest BCUT2D eigenvalue weighted by molar-refractivity contribution is 5.19. The zero-order chi connectivity index (χ0) is 15.2. The zero-order valence-electron chi connectivity index (χ0n) is 14.0. The first-order valence-corrected chi connectivity index (χ1v) is 8.22. The summed E-state index contributed by atoms with van der Waals surface area (Å²) in [4.78, 5) is 5.01. The van der Waals surface area contributed by atoms with E-state index in [1.807, 2.05) is 0 Å². The smallest absolute Gasteiger partial charge is 0.0355 e. The Morgan fingerprint density at radius 1 is 1.19 bits per heavy atom. The first kappa shape index (κ1) is 16.5. The average molecular weight is 289 g/mol. The van der Waals surface area contributed by atoms with Gasteiger partial charge in [0.15, 0.2) is 0 Å². The van der Waals surface area contributed by atoms with Crippen LogP contribution in [0.1, 0.15) is 31.4 Å². The molecular weight excluding hydrogens is 258 g/mol. The van der Waals surface area contributed by atoms with Crippen molar-refractivity contribution in [2.75, 3.05) is 40.8 Å². The molecule has 0 aromatic heterocycles. The maximum absolute atomic E-state index is 3.50. The lowest BCUT2D eigenvalue weighted by Gasteiger charge is -2.37. The minimum atomic E-state index is 0.442. The highest BCUT2D eigenvalue weighted by Gasteiger charge is 2.24. The van der Waals surface area contributed by atoms with Gasteiger partial charge in [0.25, 0.3) is 0 Å². The van der Waals surface area contributed by atoms with E-state index in [4.69, 9.17) is 0 Å². The van der Waals surface area contributed by atoms with E-state index in [0.29, 0.717) is 12.0 Å². The summed E-state index contributed by atoms with van der Waals surface area (Å²) < 4.78 is 0. The minimum absolute atomic E-state index is 0.442. The molecule has 2 atom stereocenters. The largest absolute Gasteiger partial charge is 0.313 e. The highest BCUT2D eigenvalue weighted by atomic mass is 15.2. The maximum atomic E-state index is 3.50. The number of hydrogen-bond donors (Lipinski definition) is 1. The topological polar surface area (TPSA) is 18.5 Å². The van der Waals surface area contributed by atoms with E-state index < -0.39 is 0 Å². The minimum Gasteiger partial charge on any atom is -0.313 e. The van der Waals surface area contributed by atoms with Crippen LogP contribution in [0.15, 0.2) is 30.3 Å². The lowest BCUT2D eigenvalue weighted by Crippen LogP contribution is -2.44. The first-order chi connectivity index (χ1) is 10.1. The third-order valence-corrected chi connectivity index (χ3v) is 4.87. The van der Waals surface area contributed by atoms with Gasteiger partial charge in [-0.05, 0) is 58.6 Å². The molecule has 1 heterocycles. The Bertz CT molecular complexity index is 396. The normalized spacial score (nSPS) is 20.6. The van der Waals surface area contributed by atoms with Gasteiger partial charge < -0.3 is 15.1 Å². The van der Waals surface area contributed by atoms with Crippen molar-refractivity contribution in [3.05, 3.63) is 35.9 Å². The molecule has 1 aromatic carbocycles. The molecule has 1 aliphatic heterocycles. The Morgan fingerprint density at radius 3 is 2.33 bits per heavy atom. The fourth-order valence-corrected chi connectivity index (χ4v) is 3.57. The maximum Gasteiger partial charge on any atom is 0.0355 e. The second-order valence-electron chi connectivity index (χ2n) is 6.65. The van der Waals surface area contributed by atoms with Gasteiger partial charge in [-0.15, -0.1) is 0 Å². The molecular formula is C18H31N3. The van der Waals surface area contributed by atoms with E-state index in [0.717, 1.165) is 6.04 Å². The van der Waals surface area contributed by atoms with Crippen LogP contribution in [0.2, 0.25) is 0 Å². The molecule has 2 unspecified atom stereocenters. The molecule has 1 aliphatic rings. The Hall–Kier alpha value is -0.900. The lowest BCUT2D eigenvalue weighted by atomic mass is 9.93. The van der Waals surface area contributed by atoms with Gasteiger partial charge in [0.1, 0.15) is 0 Å². The SMILES string of the molecule is CNC(c1ccccc1)C(C)CN1CCC(N(C)C)CC1. The lowest BCUT2D eigenvalue weighted by molar-refractivity contribution is 0.125. The molecule has 0 radical (unpaired) electrons. The van der Waals surface area contributed by atoms with Gasteiger partial charge in [-0.1, -0.05) is 37.3 Å². The van der Waals surface area contributed by atoms with Crippen molar-refractivity contribution in [1.29, 1.82) is 0 Å². The second-order valence-corrected chi connectivity index (χ2v) is 6.65. The molecule has 3 nitrogen and oxygen atoms in total. The standard InChI is InChI=1S/C18H31N3/c1-15(18(19-2)16-8-6-5-7-9-16)14-21-12-10-17(11-13-21)20(3)4/h5-9,15,17-19H,10-14H2,1-4H3. The van der Waals surface area contributed by atoms with E-state index in [9.17, 15) is 0 Å². The molecule has 3 heteroatoms. The summed E-state index contributed by atoms with van der Waals surface area (Å²) in [5, 5.41) is 3.50. The molecule has 1 N–H and O–H groups in total. The van der Waals surface area contributed by atoms with Crippen molar-refractivity contribution >= 4 is 0 Å². The summed E-state index contributed by atoms with van der Waals surface area (Å²) in [6, 6.07) is 12.0. The number of piperidine rings is 1. The van der Waals surface area contributed by atoms with Crippen LogP contribution >= 0.6 is 0 Å². The molecule has 1 fully saturated rings. The van der Waals surface area contributed by atoms with Crippen LogP contribution in [0.4, 0.5) is 0 Å². The average Bonchev–Trinajstić information content (AvgIpc) is 2.49. The third-order valence-electron chi connectivity index (χ3n) is 4.87. The summed E-state index contributed by atoms with van der Waals surface area (Å²) in [5.41, 5.74) is 1.40. The molecule has 0 spiro atoms. The number of benzene rings is 1. The monoisotopic (exact) mass is 289 g/mol. The molecule has 0 bridgehead atoms. The molecule has 21 heavy (non-hydrogen) atoms. The van der Waals surface area contributed by atoms with Crippen LogP contribution in [-0.2, 0) is 0 Å². The predicted octanol–water partition coefficient (Wildman–Crippen LogP) is 2.61. The van der Waals surface area contributed by atoms with Gasteiger partial charge >= 0.3 is 0 Å². The van der Waals surface area contributed by atoms with E-state index >= 15 is 0 Å². The van der Waals surface area contributed by atoms with Crippen molar-refractivity contribution in [1.82, 2.24) is 15.1 Å². The number of nitrogens with one attached hydrogen (secondary N) is 1. The fraction of sp³-hybridized carbons (Fsp3) is 0.667. The van der Waals surface area contributed by atoms with Crippen molar-refractivity contribution in [2.45, 2.75) is 31.8 Å². The summed E-state index contributed by atoms with van der Waals surface area (Å²) >= 11 is 0. The molecule has 0 amide bonds. The van der Waals surface area contributed by atoms with Gasteiger partial charge in [0.05, 0.1) is 0 Å². The number of nitrogens with zero attached hydrogens (tertiary/aromatic N) is 2. The van der Waals surface area contributed by atoms with Gasteiger partial charge in [-0.3, -0.25) is 0 Å². The van der Waals surface area contributed by atoms with Gasteiger partial charge in [-0.2, -0.15) is 0 Å². The Morgan fingerprint density at radius 2 is 1.81 bits per heavy atom. The van der Waals surface area contributed by atoms with Gasteiger partial charge in [-0.25, -0.2) is 0 Å². The van der Waals surface area contributed by atoms with Crippen LogP contribution in [0, 0.1) is 5.92 Å². The summed E-state index contributed by atoms with van der Waals surface area (Å²) in [7, 11) is 6.48. The quantitative estimate of drug-likeness (QED) is 0.868. The van der Waals surface area contributed by atoms with Crippen LogP contribution in [0.3, 0.4) is 0 Å². The number of rotatable bonds is 6. The molecule has 2 rings (SSSR count). The third kappa shape index (κ3) is 4.53. The first-order valence-electron chi connectivity index (χ1n) is 8.22. The van der Waals surface area contributed by atoms with Crippen molar-refractivity contribution in [2.24, 2.45) is 5.92 Å². The van der Waals surface area contributed by atoms with Crippen LogP contribution in [0.5, 0.6) is 0 Å². The van der Waals surface area contributed by atoms with Gasteiger partial charge in [0.2, 0.25) is 0 Å². The van der Waals surface area contributed by atoms with Crippen molar-refractivity contribution in [3.63, 3.8) is 0 Å². The number of hydrogen-bond acceptors (Lipinski definition) is 3. The summed E-state index contributed by atoms with van der Waals surface area (Å²) in [5.74, 6) is 0.619. The Kier molecular flexibility index (Phi) is 6.22. The summed E-state index contributed by atoms with van der Waals surface area (Å²) in [6.45, 7) is 6.02. The second kappa shape index (κ2) is 7.92. The summed E-state index contributed by atoms with van der Waals surface area (Å²) in [6.07, 6.45) is 2.60. The molecule has 1 aromatic rings. The van der Waals surface area contributed by atoms with E-state index in [2.05, 4.69) is 73.5 Å². The molecule has 1 saturated heterocycles. The van der Waals surface area contributed by atoms with Crippen LogP contribution in [0.25, 0.3) is 0 Å². The van der Waals surface area contributed by atoms with Crippen LogP contribution < -0.4 is 5.32 Å². The highest BCUT2D eigenvalue weighted by Crippen LogP contribution is 2.24. The number of likely N-dealkylation sites (tertiary alicyclic amines) is 1. The van der Waals surface area contributed by atoms with E-state index in [1.165, 1.54) is 38.0 Å². The van der Waals surface area contributed by atoms with E-state index in [1.54, 1.807) is 0 Å².